The van der Waals surface area contributed by atoms with E-state index in [2.05, 4.69) is 4.90 Å². The summed E-state index contributed by atoms with van der Waals surface area (Å²) in [4.78, 5) is 12.8. The maximum absolute atomic E-state index is 10.8. The van der Waals surface area contributed by atoms with E-state index < -0.39 is 0 Å². The first-order chi connectivity index (χ1) is 6.22. The van der Waals surface area contributed by atoms with Crippen molar-refractivity contribution in [1.82, 2.24) is 0 Å². The van der Waals surface area contributed by atoms with E-state index >= 15 is 0 Å². The molecule has 2 rings (SSSR count). The number of carbonyl (C=O) groups is 1. The van der Waals surface area contributed by atoms with Crippen LogP contribution in [0.15, 0.2) is 18.2 Å². The molecule has 1 aromatic carbocycles. The highest BCUT2D eigenvalue weighted by Gasteiger charge is 2.25. The van der Waals surface area contributed by atoms with Crippen LogP contribution in [0.5, 0.6) is 0 Å². The number of likely N-dealkylation sites (N-methyl/N-ethyl adjacent to an activating group) is 1. The van der Waals surface area contributed by atoms with Crippen LogP contribution in [0.1, 0.15) is 11.5 Å². The fourth-order valence-corrected chi connectivity index (χ4v) is 1.96. The molecule has 0 aromatic heterocycles. The van der Waals surface area contributed by atoms with Crippen molar-refractivity contribution in [2.24, 2.45) is 0 Å². The molecule has 0 radical (unpaired) electrons. The van der Waals surface area contributed by atoms with Gasteiger partial charge in [-0.25, -0.2) is 0 Å². The van der Waals surface area contributed by atoms with Crippen molar-refractivity contribution < 1.29 is 4.79 Å². The van der Waals surface area contributed by atoms with Gasteiger partial charge in [0.15, 0.2) is 0 Å². The Morgan fingerprint density at radius 3 is 3.08 bits per heavy atom. The summed E-state index contributed by atoms with van der Waals surface area (Å²) in [5.74, 6) is -0.0151. The number of hydrogen-bond acceptors (Lipinski definition) is 2. The molecule has 0 amide bonds. The van der Waals surface area contributed by atoms with Gasteiger partial charge in [0.05, 0.1) is 5.92 Å². The number of rotatable bonds is 1. The summed E-state index contributed by atoms with van der Waals surface area (Å²) in [6, 6.07) is 5.69. The minimum atomic E-state index is -0.0151. The molecule has 0 N–H and O–H groups in total. The third-order valence-electron chi connectivity index (χ3n) is 2.44. The molecule has 2 nitrogen and oxygen atoms in total. The molecule has 3 heteroatoms. The molecule has 0 fully saturated rings. The van der Waals surface area contributed by atoms with E-state index in [1.54, 1.807) is 0 Å². The predicted octanol–water partition coefficient (Wildman–Crippen LogP) is 2.07. The van der Waals surface area contributed by atoms with Crippen molar-refractivity contribution in [2.45, 2.75) is 5.92 Å². The van der Waals surface area contributed by atoms with Crippen LogP contribution in [0.2, 0.25) is 5.02 Å². The standard InChI is InChI=1S/C10H10ClNO/c1-12-5-7(6-13)9-4-8(11)2-3-10(9)12/h2-4,6-7H,5H2,1H3. The molecule has 1 atom stereocenters. The van der Waals surface area contributed by atoms with Crippen molar-refractivity contribution in [3.05, 3.63) is 28.8 Å². The maximum Gasteiger partial charge on any atom is 0.129 e. The van der Waals surface area contributed by atoms with Crippen molar-refractivity contribution in [1.29, 1.82) is 0 Å². The lowest BCUT2D eigenvalue weighted by Gasteiger charge is -2.10. The van der Waals surface area contributed by atoms with E-state index in [1.807, 2.05) is 25.2 Å². The van der Waals surface area contributed by atoms with Crippen LogP contribution < -0.4 is 4.90 Å². The lowest BCUT2D eigenvalue weighted by Crippen LogP contribution is -2.15. The van der Waals surface area contributed by atoms with Crippen molar-refractivity contribution in [3.8, 4) is 0 Å². The zero-order chi connectivity index (χ0) is 9.42. The quantitative estimate of drug-likeness (QED) is 0.640. The van der Waals surface area contributed by atoms with Crippen LogP contribution in [0, 0.1) is 0 Å². The molecule has 0 bridgehead atoms. The first-order valence-electron chi connectivity index (χ1n) is 4.18. The highest BCUT2D eigenvalue weighted by Crippen LogP contribution is 2.35. The van der Waals surface area contributed by atoms with Crippen molar-refractivity contribution in [3.63, 3.8) is 0 Å². The zero-order valence-corrected chi connectivity index (χ0v) is 8.08. The van der Waals surface area contributed by atoms with E-state index in [0.29, 0.717) is 5.02 Å². The average molecular weight is 196 g/mol. The highest BCUT2D eigenvalue weighted by atomic mass is 35.5. The Kier molecular flexibility index (Phi) is 2.00. The van der Waals surface area contributed by atoms with Crippen molar-refractivity contribution in [2.75, 3.05) is 18.5 Å². The molecule has 1 aromatic rings. The second-order valence-corrected chi connectivity index (χ2v) is 3.76. The summed E-state index contributed by atoms with van der Waals surface area (Å²) >= 11 is 5.86. The Balaban J connectivity index is 2.52. The molecule has 13 heavy (non-hydrogen) atoms. The topological polar surface area (TPSA) is 20.3 Å². The van der Waals surface area contributed by atoms with Crippen molar-refractivity contribution >= 4 is 23.6 Å². The Morgan fingerprint density at radius 1 is 1.62 bits per heavy atom. The van der Waals surface area contributed by atoms with Gasteiger partial charge < -0.3 is 9.69 Å². The molecule has 1 heterocycles. The number of anilines is 1. The Labute approximate surface area is 82.1 Å². The smallest absolute Gasteiger partial charge is 0.129 e. The first kappa shape index (κ1) is 8.57. The van der Waals surface area contributed by atoms with E-state index in [0.717, 1.165) is 24.1 Å². The van der Waals surface area contributed by atoms with E-state index in [4.69, 9.17) is 11.6 Å². The largest absolute Gasteiger partial charge is 0.373 e. The third kappa shape index (κ3) is 1.31. The Morgan fingerprint density at radius 2 is 2.38 bits per heavy atom. The molecular weight excluding hydrogens is 186 g/mol. The number of hydrogen-bond donors (Lipinski definition) is 0. The summed E-state index contributed by atoms with van der Waals surface area (Å²) < 4.78 is 0. The van der Waals surface area contributed by atoms with Gasteiger partial charge >= 0.3 is 0 Å². The summed E-state index contributed by atoms with van der Waals surface area (Å²) in [7, 11) is 1.98. The van der Waals surface area contributed by atoms with Gasteiger partial charge in [-0.05, 0) is 23.8 Å². The summed E-state index contributed by atoms with van der Waals surface area (Å²) in [6.07, 6.45) is 0.985. The summed E-state index contributed by atoms with van der Waals surface area (Å²) in [5.41, 5.74) is 2.16. The molecule has 68 valence electrons. The molecule has 1 unspecified atom stereocenters. The van der Waals surface area contributed by atoms with Gasteiger partial charge in [0.25, 0.3) is 0 Å². The summed E-state index contributed by atoms with van der Waals surface area (Å²) in [5, 5.41) is 0.695. The number of aldehydes is 1. The fourth-order valence-electron chi connectivity index (χ4n) is 1.78. The first-order valence-corrected chi connectivity index (χ1v) is 4.56. The van der Waals surface area contributed by atoms with E-state index in [-0.39, 0.29) is 5.92 Å². The SMILES string of the molecule is CN1CC(C=O)c2cc(Cl)ccc21. The van der Waals surface area contributed by atoms with E-state index in [1.165, 1.54) is 0 Å². The van der Waals surface area contributed by atoms with Gasteiger partial charge in [-0.1, -0.05) is 11.6 Å². The van der Waals surface area contributed by atoms with Gasteiger partial charge in [0.2, 0.25) is 0 Å². The number of halogens is 1. The molecule has 1 aliphatic heterocycles. The normalized spacial score (nSPS) is 20.2. The van der Waals surface area contributed by atoms with Crippen LogP contribution in [0.4, 0.5) is 5.69 Å². The lowest BCUT2D eigenvalue weighted by atomic mass is 10.0. The van der Waals surface area contributed by atoms with Crippen LogP contribution >= 0.6 is 11.6 Å². The van der Waals surface area contributed by atoms with Gasteiger partial charge in [-0.3, -0.25) is 0 Å². The van der Waals surface area contributed by atoms with Crippen LogP contribution in [-0.4, -0.2) is 19.9 Å². The number of carbonyl (C=O) groups excluding carboxylic acids is 1. The van der Waals surface area contributed by atoms with E-state index in [9.17, 15) is 4.79 Å². The second-order valence-electron chi connectivity index (χ2n) is 3.33. The second kappa shape index (κ2) is 3.04. The third-order valence-corrected chi connectivity index (χ3v) is 2.67. The van der Waals surface area contributed by atoms with Crippen LogP contribution in [0.25, 0.3) is 0 Å². The monoisotopic (exact) mass is 195 g/mol. The number of benzene rings is 1. The Hall–Kier alpha value is -1.02. The van der Waals surface area contributed by atoms with Gasteiger partial charge in [-0.2, -0.15) is 0 Å². The number of fused-ring (bicyclic) bond motifs is 1. The molecule has 0 spiro atoms. The molecule has 0 saturated heterocycles. The molecule has 1 aliphatic rings. The van der Waals surface area contributed by atoms with Crippen LogP contribution in [0.3, 0.4) is 0 Å². The Bertz CT molecular complexity index is 351. The predicted molar refractivity (Wildman–Crippen MR) is 53.5 cm³/mol. The molecule has 0 aliphatic carbocycles. The van der Waals surface area contributed by atoms with Gasteiger partial charge in [0, 0.05) is 24.3 Å². The van der Waals surface area contributed by atoms with Gasteiger partial charge in [0.1, 0.15) is 6.29 Å². The minimum absolute atomic E-state index is 0.0151. The van der Waals surface area contributed by atoms with Crippen LogP contribution in [-0.2, 0) is 4.79 Å². The molecular formula is C10H10ClNO. The highest BCUT2D eigenvalue weighted by molar-refractivity contribution is 6.30. The maximum atomic E-state index is 10.8. The number of nitrogens with zero attached hydrogens (tertiary/aromatic N) is 1. The fraction of sp³-hybridized carbons (Fsp3) is 0.300. The van der Waals surface area contributed by atoms with Gasteiger partial charge in [-0.15, -0.1) is 0 Å². The minimum Gasteiger partial charge on any atom is -0.373 e. The average Bonchev–Trinajstić information content (AvgIpc) is 2.42. The summed E-state index contributed by atoms with van der Waals surface area (Å²) in [6.45, 7) is 0.763. The lowest BCUT2D eigenvalue weighted by molar-refractivity contribution is -0.108. The zero-order valence-electron chi connectivity index (χ0n) is 7.33. The molecule has 0 saturated carbocycles.